The van der Waals surface area contributed by atoms with E-state index in [1.54, 1.807) is 7.11 Å². The quantitative estimate of drug-likeness (QED) is 0.526. The Hall–Kier alpha value is -2.60. The van der Waals surface area contributed by atoms with E-state index < -0.39 is 5.97 Å². The van der Waals surface area contributed by atoms with Crippen molar-refractivity contribution in [1.82, 2.24) is 4.98 Å². The van der Waals surface area contributed by atoms with Gasteiger partial charge in [0.15, 0.2) is 0 Å². The summed E-state index contributed by atoms with van der Waals surface area (Å²) in [5.41, 5.74) is 3.95. The van der Waals surface area contributed by atoms with Crippen LogP contribution in [0.3, 0.4) is 0 Å². The van der Waals surface area contributed by atoms with Crippen molar-refractivity contribution in [1.29, 1.82) is 0 Å². The predicted molar refractivity (Wildman–Crippen MR) is 115 cm³/mol. The van der Waals surface area contributed by atoms with Crippen molar-refractivity contribution in [3.63, 3.8) is 0 Å². The first kappa shape index (κ1) is 19.7. The predicted octanol–water partition coefficient (Wildman–Crippen LogP) is 5.56. The Morgan fingerprint density at radius 3 is 2.79 bits per heavy atom. The highest BCUT2D eigenvalue weighted by Gasteiger charge is 2.17. The fraction of sp³-hybridized carbons (Fsp3) is 0.391. The van der Waals surface area contributed by atoms with Crippen LogP contribution in [0.25, 0.3) is 21.3 Å². The zero-order chi connectivity index (χ0) is 20.2. The molecule has 0 spiro atoms. The number of benzene rings is 2. The van der Waals surface area contributed by atoms with E-state index in [2.05, 4.69) is 17.1 Å². The maximum atomic E-state index is 11.0. The fourth-order valence-electron chi connectivity index (χ4n) is 3.88. The number of carboxylic acids is 1. The second-order valence-corrected chi connectivity index (χ2v) is 8.55. The third kappa shape index (κ3) is 4.70. The first-order chi connectivity index (χ1) is 14.1. The highest BCUT2D eigenvalue weighted by molar-refractivity contribution is 7.20. The van der Waals surface area contributed by atoms with E-state index in [4.69, 9.17) is 14.6 Å². The van der Waals surface area contributed by atoms with E-state index in [1.807, 2.05) is 24.3 Å². The molecule has 152 valence electrons. The van der Waals surface area contributed by atoms with Crippen molar-refractivity contribution in [2.75, 3.05) is 13.7 Å². The largest absolute Gasteiger partial charge is 0.493 e. The van der Waals surface area contributed by atoms with Crippen molar-refractivity contribution in [2.45, 2.75) is 38.5 Å². The van der Waals surface area contributed by atoms with Crippen molar-refractivity contribution in [3.8, 4) is 22.1 Å². The summed E-state index contributed by atoms with van der Waals surface area (Å²) in [6.07, 6.45) is 5.67. The van der Waals surface area contributed by atoms with Gasteiger partial charge >= 0.3 is 5.97 Å². The van der Waals surface area contributed by atoms with Crippen LogP contribution in [0.5, 0.6) is 10.9 Å². The summed E-state index contributed by atoms with van der Waals surface area (Å²) in [7, 11) is 1.62. The highest BCUT2D eigenvalue weighted by atomic mass is 32.1. The zero-order valence-corrected chi connectivity index (χ0v) is 17.3. The van der Waals surface area contributed by atoms with Crippen LogP contribution in [-0.2, 0) is 11.2 Å². The molecular formula is C23H25NO4S. The van der Waals surface area contributed by atoms with Gasteiger partial charge in [-0.2, -0.15) is 0 Å². The molecule has 2 aromatic carbocycles. The van der Waals surface area contributed by atoms with Gasteiger partial charge in [0.2, 0.25) is 0 Å². The summed E-state index contributed by atoms with van der Waals surface area (Å²) in [4.78, 5) is 15.4. The lowest BCUT2D eigenvalue weighted by atomic mass is 9.99. The van der Waals surface area contributed by atoms with Crippen LogP contribution >= 0.6 is 11.3 Å². The topological polar surface area (TPSA) is 68.7 Å². The number of aromatic nitrogens is 1. The number of hydrogen-bond acceptors (Lipinski definition) is 5. The summed E-state index contributed by atoms with van der Waals surface area (Å²) in [6, 6.07) is 12.2. The van der Waals surface area contributed by atoms with Crippen molar-refractivity contribution in [2.24, 2.45) is 5.92 Å². The summed E-state index contributed by atoms with van der Waals surface area (Å²) >= 11 is 1.51. The number of aliphatic carboxylic acids is 1. The molecule has 1 aliphatic rings. The molecule has 0 bridgehead atoms. The SMILES string of the molecule is COc1nc2ccc(-c3cc(CCC(=O)O)ccc3OCC3CCCC3)cc2s1. The molecule has 0 atom stereocenters. The van der Waals surface area contributed by atoms with E-state index >= 15 is 0 Å². The molecular weight excluding hydrogens is 386 g/mol. The molecule has 0 radical (unpaired) electrons. The minimum absolute atomic E-state index is 0.118. The minimum atomic E-state index is -0.786. The number of carbonyl (C=O) groups is 1. The number of hydrogen-bond donors (Lipinski definition) is 1. The van der Waals surface area contributed by atoms with Crippen molar-refractivity contribution < 1.29 is 19.4 Å². The Kier molecular flexibility index (Phi) is 6.00. The molecule has 0 saturated heterocycles. The van der Waals surface area contributed by atoms with Gasteiger partial charge in [0.25, 0.3) is 5.19 Å². The number of methoxy groups -OCH3 is 1. The lowest BCUT2D eigenvalue weighted by Gasteiger charge is -2.16. The van der Waals surface area contributed by atoms with E-state index in [-0.39, 0.29) is 6.42 Å². The number of aryl methyl sites for hydroxylation is 1. The summed E-state index contributed by atoms with van der Waals surface area (Å²) in [5.74, 6) is 0.695. The average molecular weight is 412 g/mol. The zero-order valence-electron chi connectivity index (χ0n) is 16.5. The number of ether oxygens (including phenoxy) is 2. The Labute approximate surface area is 174 Å². The van der Waals surface area contributed by atoms with Crippen LogP contribution in [0.4, 0.5) is 0 Å². The van der Waals surface area contributed by atoms with Crippen molar-refractivity contribution in [3.05, 3.63) is 42.0 Å². The van der Waals surface area contributed by atoms with E-state index in [0.29, 0.717) is 17.5 Å². The van der Waals surface area contributed by atoms with Gasteiger partial charge in [0.1, 0.15) is 5.75 Å². The second kappa shape index (κ2) is 8.82. The molecule has 1 heterocycles. The fourth-order valence-corrected chi connectivity index (χ4v) is 4.70. The molecule has 0 aliphatic heterocycles. The normalized spacial score (nSPS) is 14.4. The maximum absolute atomic E-state index is 11.0. The number of fused-ring (bicyclic) bond motifs is 1. The average Bonchev–Trinajstić information content (AvgIpc) is 3.39. The summed E-state index contributed by atoms with van der Waals surface area (Å²) in [6.45, 7) is 0.734. The smallest absolute Gasteiger partial charge is 0.303 e. The van der Waals surface area contributed by atoms with Crippen LogP contribution < -0.4 is 9.47 Å². The van der Waals surface area contributed by atoms with Gasteiger partial charge in [-0.1, -0.05) is 36.3 Å². The van der Waals surface area contributed by atoms with Gasteiger partial charge in [-0.3, -0.25) is 4.79 Å². The third-order valence-electron chi connectivity index (χ3n) is 5.48. The van der Waals surface area contributed by atoms with Crippen molar-refractivity contribution >= 4 is 27.5 Å². The van der Waals surface area contributed by atoms with E-state index in [9.17, 15) is 4.79 Å². The monoisotopic (exact) mass is 411 g/mol. The molecule has 1 saturated carbocycles. The molecule has 1 aromatic heterocycles. The van der Waals surface area contributed by atoms with Crippen LogP contribution in [-0.4, -0.2) is 29.8 Å². The lowest BCUT2D eigenvalue weighted by molar-refractivity contribution is -0.136. The first-order valence-corrected chi connectivity index (χ1v) is 10.9. The summed E-state index contributed by atoms with van der Waals surface area (Å²) in [5, 5.41) is 9.67. The Bertz CT molecular complexity index is 1010. The maximum Gasteiger partial charge on any atom is 0.303 e. The number of nitrogens with zero attached hydrogens (tertiary/aromatic N) is 1. The Morgan fingerprint density at radius 1 is 1.21 bits per heavy atom. The van der Waals surface area contributed by atoms with Gasteiger partial charge in [-0.25, -0.2) is 4.98 Å². The molecule has 1 fully saturated rings. The second-order valence-electron chi connectivity index (χ2n) is 7.55. The van der Waals surface area contributed by atoms with Gasteiger partial charge in [0, 0.05) is 12.0 Å². The Morgan fingerprint density at radius 2 is 2.03 bits per heavy atom. The number of rotatable bonds is 8. The van der Waals surface area contributed by atoms with Crippen LogP contribution in [0.1, 0.15) is 37.7 Å². The molecule has 29 heavy (non-hydrogen) atoms. The Balaban J connectivity index is 1.66. The lowest BCUT2D eigenvalue weighted by Crippen LogP contribution is -2.09. The van der Waals surface area contributed by atoms with Crippen LogP contribution in [0.15, 0.2) is 36.4 Å². The van der Waals surface area contributed by atoms with Crippen LogP contribution in [0.2, 0.25) is 0 Å². The molecule has 1 N–H and O–H groups in total. The molecule has 3 aromatic rings. The molecule has 0 unspecified atom stereocenters. The first-order valence-electron chi connectivity index (χ1n) is 10.0. The third-order valence-corrected chi connectivity index (χ3v) is 6.45. The molecule has 4 rings (SSSR count). The van der Waals surface area contributed by atoms with Crippen LogP contribution in [0, 0.1) is 5.92 Å². The number of thiazole rings is 1. The minimum Gasteiger partial charge on any atom is -0.493 e. The highest BCUT2D eigenvalue weighted by Crippen LogP contribution is 2.37. The van der Waals surface area contributed by atoms with E-state index in [1.165, 1.54) is 37.0 Å². The van der Waals surface area contributed by atoms with Gasteiger partial charge in [0.05, 0.1) is 23.9 Å². The molecule has 5 nitrogen and oxygen atoms in total. The summed E-state index contributed by atoms with van der Waals surface area (Å²) < 4.78 is 12.6. The molecule has 0 amide bonds. The van der Waals surface area contributed by atoms with Gasteiger partial charge in [-0.05, 0) is 60.6 Å². The van der Waals surface area contributed by atoms with E-state index in [0.717, 1.165) is 39.3 Å². The standard InChI is InChI=1S/C23H25NO4S/c1-27-23-24-19-9-8-17(13-21(19)29-23)18-12-15(7-11-22(25)26)6-10-20(18)28-14-16-4-2-3-5-16/h6,8-10,12-13,16H,2-5,7,11,14H2,1H3,(H,25,26). The van der Waals surface area contributed by atoms with Gasteiger partial charge < -0.3 is 14.6 Å². The molecule has 1 aliphatic carbocycles. The molecule has 6 heteroatoms. The van der Waals surface area contributed by atoms with Gasteiger partial charge in [-0.15, -0.1) is 0 Å². The number of carboxylic acid groups (broad SMARTS) is 1.